The highest BCUT2D eigenvalue weighted by atomic mass is 79.9. The second-order valence-electron chi connectivity index (χ2n) is 5.07. The lowest BCUT2D eigenvalue weighted by molar-refractivity contribution is 0.0780. The van der Waals surface area contributed by atoms with Crippen molar-refractivity contribution in [1.29, 1.82) is 0 Å². The van der Waals surface area contributed by atoms with Crippen LogP contribution in [0.4, 0.5) is 5.82 Å². The van der Waals surface area contributed by atoms with E-state index in [9.17, 15) is 0 Å². The van der Waals surface area contributed by atoms with E-state index in [2.05, 4.69) is 26.2 Å². The van der Waals surface area contributed by atoms with Crippen molar-refractivity contribution < 1.29 is 4.74 Å². The Labute approximate surface area is 116 Å². The number of halogens is 1. The zero-order valence-corrected chi connectivity index (χ0v) is 12.2. The topological polar surface area (TPSA) is 47.0 Å². The zero-order valence-electron chi connectivity index (χ0n) is 10.6. The fourth-order valence-electron chi connectivity index (χ4n) is 2.40. The summed E-state index contributed by atoms with van der Waals surface area (Å²) < 4.78 is 6.58. The summed E-state index contributed by atoms with van der Waals surface area (Å²) in [5, 5.41) is 3.16. The van der Waals surface area contributed by atoms with E-state index in [1.807, 2.05) is 7.05 Å². The highest BCUT2D eigenvalue weighted by Gasteiger charge is 2.30. The summed E-state index contributed by atoms with van der Waals surface area (Å²) >= 11 is 3.62. The van der Waals surface area contributed by atoms with Crippen LogP contribution in [0.15, 0.2) is 4.47 Å². The fraction of sp³-hybridized carbons (Fsp3) is 0.692. The molecule has 0 aromatic carbocycles. The maximum absolute atomic E-state index is 5.54. The van der Waals surface area contributed by atoms with Crippen LogP contribution in [-0.2, 0) is 4.74 Å². The molecule has 1 saturated carbocycles. The maximum Gasteiger partial charge on any atom is 0.144 e. The van der Waals surface area contributed by atoms with Gasteiger partial charge in [0.05, 0.1) is 16.8 Å². The molecule has 1 unspecified atom stereocenters. The van der Waals surface area contributed by atoms with Crippen molar-refractivity contribution in [2.45, 2.75) is 37.5 Å². The molecule has 0 amide bonds. The Kier molecular flexibility index (Phi) is 3.52. The molecular weight excluding hydrogens is 294 g/mol. The molecule has 2 heterocycles. The second kappa shape index (κ2) is 5.13. The van der Waals surface area contributed by atoms with Gasteiger partial charge in [0, 0.05) is 25.5 Å². The lowest BCUT2D eigenvalue weighted by Gasteiger charge is -2.22. The average molecular weight is 312 g/mol. The number of anilines is 1. The quantitative estimate of drug-likeness (QED) is 0.932. The molecule has 1 N–H and O–H groups in total. The van der Waals surface area contributed by atoms with Crippen molar-refractivity contribution in [1.82, 2.24) is 9.97 Å². The van der Waals surface area contributed by atoms with Gasteiger partial charge in [-0.15, -0.1) is 0 Å². The first kappa shape index (κ1) is 12.4. The lowest BCUT2D eigenvalue weighted by Crippen LogP contribution is -2.19. The van der Waals surface area contributed by atoms with Crippen LogP contribution in [0.3, 0.4) is 0 Å². The van der Waals surface area contributed by atoms with Gasteiger partial charge in [-0.1, -0.05) is 0 Å². The Hall–Kier alpha value is -0.680. The summed E-state index contributed by atoms with van der Waals surface area (Å²) in [6, 6.07) is 0. The van der Waals surface area contributed by atoms with E-state index in [0.717, 1.165) is 42.2 Å². The molecular formula is C13H18BrN3O. The summed E-state index contributed by atoms with van der Waals surface area (Å²) in [5.41, 5.74) is 1.18. The van der Waals surface area contributed by atoms with Crippen LogP contribution in [0.5, 0.6) is 0 Å². The third-order valence-corrected chi connectivity index (χ3v) is 4.40. The number of hydrogen-bond acceptors (Lipinski definition) is 4. The molecule has 1 saturated heterocycles. The average Bonchev–Trinajstić information content (AvgIpc) is 3.24. The van der Waals surface area contributed by atoms with Crippen LogP contribution >= 0.6 is 15.9 Å². The Morgan fingerprint density at radius 1 is 1.22 bits per heavy atom. The summed E-state index contributed by atoms with van der Waals surface area (Å²) in [7, 11) is 1.91. The van der Waals surface area contributed by atoms with Gasteiger partial charge in [-0.05, 0) is 41.6 Å². The van der Waals surface area contributed by atoms with E-state index in [-0.39, 0.29) is 0 Å². The standard InChI is InChI=1S/C13H18BrN3O/c1-15-13-10(14)11(8-4-5-8)16-12(17-13)9-3-2-6-18-7-9/h8-9H,2-7H2,1H3,(H,15,16,17). The van der Waals surface area contributed by atoms with E-state index < -0.39 is 0 Å². The molecule has 1 aromatic rings. The molecule has 0 radical (unpaired) electrons. The van der Waals surface area contributed by atoms with Crippen molar-refractivity contribution in [3.8, 4) is 0 Å². The molecule has 1 aliphatic carbocycles. The van der Waals surface area contributed by atoms with Crippen molar-refractivity contribution in [2.24, 2.45) is 0 Å². The molecule has 18 heavy (non-hydrogen) atoms. The summed E-state index contributed by atoms with van der Waals surface area (Å²) in [4.78, 5) is 9.42. The predicted octanol–water partition coefficient (Wildman–Crippen LogP) is 3.05. The molecule has 4 nitrogen and oxygen atoms in total. The molecule has 2 fully saturated rings. The summed E-state index contributed by atoms with van der Waals surface area (Å²) in [6.07, 6.45) is 4.74. The van der Waals surface area contributed by atoms with Crippen LogP contribution < -0.4 is 5.32 Å². The first-order valence-corrected chi connectivity index (χ1v) is 7.41. The molecule has 3 rings (SSSR count). The highest BCUT2D eigenvalue weighted by Crippen LogP contribution is 2.44. The smallest absolute Gasteiger partial charge is 0.144 e. The SMILES string of the molecule is CNc1nc(C2CCCOC2)nc(C2CC2)c1Br. The Morgan fingerprint density at radius 3 is 2.67 bits per heavy atom. The maximum atomic E-state index is 5.54. The fourth-order valence-corrected chi connectivity index (χ4v) is 3.10. The number of ether oxygens (including phenoxy) is 1. The molecule has 0 spiro atoms. The minimum atomic E-state index is 0.358. The van der Waals surface area contributed by atoms with Gasteiger partial charge < -0.3 is 10.1 Å². The van der Waals surface area contributed by atoms with Crippen LogP contribution in [-0.4, -0.2) is 30.2 Å². The first-order valence-electron chi connectivity index (χ1n) is 6.62. The Bertz CT molecular complexity index is 442. The predicted molar refractivity (Wildman–Crippen MR) is 74.0 cm³/mol. The van der Waals surface area contributed by atoms with E-state index in [1.54, 1.807) is 0 Å². The third-order valence-electron chi connectivity index (χ3n) is 3.62. The van der Waals surface area contributed by atoms with Crippen molar-refractivity contribution >= 4 is 21.7 Å². The molecule has 5 heteroatoms. The normalized spacial score (nSPS) is 24.0. The lowest BCUT2D eigenvalue weighted by atomic mass is 10.0. The van der Waals surface area contributed by atoms with Gasteiger partial charge in [-0.25, -0.2) is 9.97 Å². The minimum absolute atomic E-state index is 0.358. The first-order chi connectivity index (χ1) is 8.79. The van der Waals surface area contributed by atoms with Crippen LogP contribution in [0.25, 0.3) is 0 Å². The van der Waals surface area contributed by atoms with Gasteiger partial charge in [0.15, 0.2) is 0 Å². The summed E-state index contributed by atoms with van der Waals surface area (Å²) in [6.45, 7) is 1.64. The molecule has 1 aliphatic heterocycles. The molecule has 0 bridgehead atoms. The number of hydrogen-bond donors (Lipinski definition) is 1. The number of nitrogens with one attached hydrogen (secondary N) is 1. The monoisotopic (exact) mass is 311 g/mol. The number of aromatic nitrogens is 2. The van der Waals surface area contributed by atoms with E-state index in [4.69, 9.17) is 9.72 Å². The second-order valence-corrected chi connectivity index (χ2v) is 5.86. The number of rotatable bonds is 3. The summed E-state index contributed by atoms with van der Waals surface area (Å²) in [5.74, 6) is 2.84. The number of nitrogens with zero attached hydrogens (tertiary/aromatic N) is 2. The van der Waals surface area contributed by atoms with Gasteiger partial charge >= 0.3 is 0 Å². The molecule has 1 aromatic heterocycles. The zero-order chi connectivity index (χ0) is 12.5. The van der Waals surface area contributed by atoms with Crippen molar-refractivity contribution in [2.75, 3.05) is 25.6 Å². The van der Waals surface area contributed by atoms with E-state index >= 15 is 0 Å². The molecule has 2 aliphatic rings. The molecule has 98 valence electrons. The third kappa shape index (κ3) is 2.38. The van der Waals surface area contributed by atoms with Crippen LogP contribution in [0.1, 0.15) is 49.0 Å². The van der Waals surface area contributed by atoms with Gasteiger partial charge in [-0.3, -0.25) is 0 Å². The van der Waals surface area contributed by atoms with Gasteiger partial charge in [0.1, 0.15) is 11.6 Å². The minimum Gasteiger partial charge on any atom is -0.381 e. The van der Waals surface area contributed by atoms with Gasteiger partial charge in [-0.2, -0.15) is 0 Å². The Morgan fingerprint density at radius 2 is 2.06 bits per heavy atom. The van der Waals surface area contributed by atoms with Crippen LogP contribution in [0.2, 0.25) is 0 Å². The highest BCUT2D eigenvalue weighted by molar-refractivity contribution is 9.10. The Balaban J connectivity index is 1.95. The van der Waals surface area contributed by atoms with Gasteiger partial charge in [0.25, 0.3) is 0 Å². The van der Waals surface area contributed by atoms with E-state index in [1.165, 1.54) is 18.5 Å². The van der Waals surface area contributed by atoms with Crippen molar-refractivity contribution in [3.63, 3.8) is 0 Å². The largest absolute Gasteiger partial charge is 0.381 e. The molecule has 1 atom stereocenters. The van der Waals surface area contributed by atoms with Crippen molar-refractivity contribution in [3.05, 3.63) is 16.0 Å². The van der Waals surface area contributed by atoms with Crippen LogP contribution in [0, 0.1) is 0 Å². The van der Waals surface area contributed by atoms with E-state index in [0.29, 0.717) is 11.8 Å². The van der Waals surface area contributed by atoms with Gasteiger partial charge in [0.2, 0.25) is 0 Å².